The van der Waals surface area contributed by atoms with Crippen LogP contribution < -0.4 is 9.62 Å². The average molecular weight is 328 g/mol. The van der Waals surface area contributed by atoms with Gasteiger partial charge in [-0.25, -0.2) is 12.8 Å². The van der Waals surface area contributed by atoms with Gasteiger partial charge < -0.3 is 5.32 Å². The molecule has 0 saturated heterocycles. The molecule has 1 saturated carbocycles. The van der Waals surface area contributed by atoms with Gasteiger partial charge in [-0.15, -0.1) is 0 Å². The van der Waals surface area contributed by atoms with E-state index in [4.69, 9.17) is 0 Å². The number of carbonyl (C=O) groups excluding carboxylic acids is 1. The van der Waals surface area contributed by atoms with E-state index < -0.39 is 21.3 Å². The second kappa shape index (κ2) is 5.53. The van der Waals surface area contributed by atoms with Crippen LogP contribution in [0, 0.1) is 11.2 Å². The molecule has 1 aromatic carbocycles. The Morgan fingerprint density at radius 2 is 1.91 bits per heavy atom. The van der Waals surface area contributed by atoms with Gasteiger partial charge in [0.2, 0.25) is 15.9 Å². The minimum atomic E-state index is -3.50. The van der Waals surface area contributed by atoms with Crippen molar-refractivity contribution in [3.8, 4) is 0 Å². The van der Waals surface area contributed by atoms with Crippen molar-refractivity contribution in [1.82, 2.24) is 0 Å². The van der Waals surface area contributed by atoms with Crippen LogP contribution in [0.2, 0.25) is 0 Å². The van der Waals surface area contributed by atoms with Gasteiger partial charge in [-0.1, -0.05) is 20.8 Å². The molecule has 0 bridgehead atoms. The maximum Gasteiger partial charge on any atom is 0.232 e. The second-order valence-corrected chi connectivity index (χ2v) is 8.52. The van der Waals surface area contributed by atoms with Crippen LogP contribution in [-0.2, 0) is 14.8 Å². The summed E-state index contributed by atoms with van der Waals surface area (Å²) in [7, 11) is -3.50. The van der Waals surface area contributed by atoms with Gasteiger partial charge in [0.1, 0.15) is 5.82 Å². The zero-order valence-electron chi connectivity index (χ0n) is 13.2. The summed E-state index contributed by atoms with van der Waals surface area (Å²) in [5.41, 5.74) is -0.180. The summed E-state index contributed by atoms with van der Waals surface area (Å²) in [6.07, 6.45) is 2.64. The van der Waals surface area contributed by atoms with Crippen LogP contribution in [0.5, 0.6) is 0 Å². The lowest BCUT2D eigenvalue weighted by Crippen LogP contribution is -2.34. The van der Waals surface area contributed by atoms with Gasteiger partial charge in [0.05, 0.1) is 17.6 Å². The number of nitrogens with zero attached hydrogens (tertiary/aromatic N) is 1. The van der Waals surface area contributed by atoms with E-state index in [0.717, 1.165) is 25.2 Å². The topological polar surface area (TPSA) is 66.5 Å². The Kier molecular flexibility index (Phi) is 4.21. The maximum absolute atomic E-state index is 13.6. The number of sulfonamides is 1. The quantitative estimate of drug-likeness (QED) is 0.924. The lowest BCUT2D eigenvalue weighted by atomic mass is 9.95. The summed E-state index contributed by atoms with van der Waals surface area (Å²) < 4.78 is 38.9. The van der Waals surface area contributed by atoms with Gasteiger partial charge in [0.15, 0.2) is 0 Å². The van der Waals surface area contributed by atoms with Gasteiger partial charge >= 0.3 is 0 Å². The number of hydrogen-bond acceptors (Lipinski definition) is 3. The Labute approximate surface area is 130 Å². The molecule has 1 N–H and O–H groups in total. The second-order valence-electron chi connectivity index (χ2n) is 6.66. The molecule has 5 nitrogen and oxygen atoms in total. The molecule has 1 amide bonds. The van der Waals surface area contributed by atoms with Gasteiger partial charge in [0.25, 0.3) is 0 Å². The van der Waals surface area contributed by atoms with E-state index in [1.807, 2.05) is 0 Å². The molecular formula is C15H21FN2O3S. The first-order valence-electron chi connectivity index (χ1n) is 7.10. The van der Waals surface area contributed by atoms with Crippen LogP contribution >= 0.6 is 0 Å². The first-order valence-corrected chi connectivity index (χ1v) is 8.95. The summed E-state index contributed by atoms with van der Waals surface area (Å²) in [4.78, 5) is 12.2. The highest BCUT2D eigenvalue weighted by molar-refractivity contribution is 7.92. The summed E-state index contributed by atoms with van der Waals surface area (Å²) >= 11 is 0. The van der Waals surface area contributed by atoms with Crippen LogP contribution in [0.4, 0.5) is 15.8 Å². The largest absolute Gasteiger partial charge is 0.324 e. The van der Waals surface area contributed by atoms with Crippen molar-refractivity contribution >= 4 is 27.3 Å². The van der Waals surface area contributed by atoms with E-state index in [9.17, 15) is 17.6 Å². The number of hydrogen-bond donors (Lipinski definition) is 1. The molecule has 1 aliphatic carbocycles. The van der Waals surface area contributed by atoms with Crippen molar-refractivity contribution in [2.24, 2.45) is 5.41 Å². The van der Waals surface area contributed by atoms with Crippen molar-refractivity contribution in [3.05, 3.63) is 24.0 Å². The Hall–Kier alpha value is -1.63. The fourth-order valence-corrected chi connectivity index (χ4v) is 3.33. The molecule has 1 aromatic rings. The van der Waals surface area contributed by atoms with E-state index >= 15 is 0 Å². The van der Waals surface area contributed by atoms with Gasteiger partial charge in [-0.2, -0.15) is 0 Å². The van der Waals surface area contributed by atoms with Crippen LogP contribution in [0.3, 0.4) is 0 Å². The number of amides is 1. The van der Waals surface area contributed by atoms with Crippen LogP contribution in [-0.4, -0.2) is 26.6 Å². The van der Waals surface area contributed by atoms with E-state index in [-0.39, 0.29) is 17.6 Å². The number of halogens is 1. The number of carbonyl (C=O) groups is 1. The minimum Gasteiger partial charge on any atom is -0.324 e. The van der Waals surface area contributed by atoms with Crippen molar-refractivity contribution in [2.45, 2.75) is 39.7 Å². The SMILES string of the molecule is CC(C)(C)C(=O)Nc1cc(F)ccc1N(C1CC1)S(C)(=O)=O. The third-order valence-electron chi connectivity index (χ3n) is 3.36. The molecule has 122 valence electrons. The van der Waals surface area contributed by atoms with Crippen LogP contribution in [0.25, 0.3) is 0 Å². The van der Waals surface area contributed by atoms with E-state index in [1.54, 1.807) is 20.8 Å². The van der Waals surface area contributed by atoms with Gasteiger partial charge in [-0.05, 0) is 31.0 Å². The van der Waals surface area contributed by atoms with Gasteiger partial charge in [0, 0.05) is 11.5 Å². The third kappa shape index (κ3) is 3.76. The third-order valence-corrected chi connectivity index (χ3v) is 4.57. The molecule has 0 unspecified atom stereocenters. The molecule has 22 heavy (non-hydrogen) atoms. The Balaban J connectivity index is 2.45. The van der Waals surface area contributed by atoms with Crippen molar-refractivity contribution < 1.29 is 17.6 Å². The maximum atomic E-state index is 13.6. The highest BCUT2D eigenvalue weighted by Crippen LogP contribution is 2.38. The average Bonchev–Trinajstić information content (AvgIpc) is 3.13. The van der Waals surface area contributed by atoms with Crippen LogP contribution in [0.15, 0.2) is 18.2 Å². The number of nitrogens with one attached hydrogen (secondary N) is 1. The van der Waals surface area contributed by atoms with E-state index in [2.05, 4.69) is 5.32 Å². The lowest BCUT2D eigenvalue weighted by Gasteiger charge is -2.26. The monoisotopic (exact) mass is 328 g/mol. The Morgan fingerprint density at radius 1 is 1.32 bits per heavy atom. The van der Waals surface area contributed by atoms with Crippen molar-refractivity contribution in [3.63, 3.8) is 0 Å². The summed E-state index contributed by atoms with van der Waals surface area (Å²) in [6.45, 7) is 5.20. The molecule has 1 fully saturated rings. The van der Waals surface area contributed by atoms with Crippen LogP contribution in [0.1, 0.15) is 33.6 Å². The molecule has 0 spiro atoms. The highest BCUT2D eigenvalue weighted by atomic mass is 32.2. The van der Waals surface area contributed by atoms with Crippen molar-refractivity contribution in [1.29, 1.82) is 0 Å². The number of anilines is 2. The Bertz CT molecular complexity index is 691. The minimum absolute atomic E-state index is 0.120. The van der Waals surface area contributed by atoms with E-state index in [1.165, 1.54) is 16.4 Å². The molecule has 0 atom stereocenters. The molecule has 1 aliphatic rings. The molecular weight excluding hydrogens is 307 g/mol. The normalized spacial score (nSPS) is 15.5. The zero-order valence-corrected chi connectivity index (χ0v) is 14.0. The molecule has 0 radical (unpaired) electrons. The summed E-state index contributed by atoms with van der Waals surface area (Å²) in [5.74, 6) is -0.833. The predicted molar refractivity (Wildman–Crippen MR) is 84.8 cm³/mol. The first kappa shape index (κ1) is 16.7. The summed E-state index contributed by atoms with van der Waals surface area (Å²) in [6, 6.07) is 3.63. The lowest BCUT2D eigenvalue weighted by molar-refractivity contribution is -0.123. The fourth-order valence-electron chi connectivity index (χ4n) is 2.07. The predicted octanol–water partition coefficient (Wildman–Crippen LogP) is 2.74. The standard InChI is InChI=1S/C15H21FN2O3S/c1-15(2,3)14(19)17-12-9-10(16)5-8-13(12)18(11-6-7-11)22(4,20)21/h5,8-9,11H,6-7H2,1-4H3,(H,17,19). The first-order chi connectivity index (χ1) is 10.00. The molecule has 0 aromatic heterocycles. The zero-order chi connectivity index (χ0) is 16.7. The number of benzene rings is 1. The number of rotatable bonds is 4. The Morgan fingerprint density at radius 3 is 2.36 bits per heavy atom. The smallest absolute Gasteiger partial charge is 0.232 e. The molecule has 2 rings (SSSR count). The summed E-state index contributed by atoms with van der Waals surface area (Å²) in [5, 5.41) is 2.64. The van der Waals surface area contributed by atoms with E-state index in [0.29, 0.717) is 5.69 Å². The molecule has 7 heteroatoms. The molecule has 0 heterocycles. The highest BCUT2D eigenvalue weighted by Gasteiger charge is 2.37. The fraction of sp³-hybridized carbons (Fsp3) is 0.533. The van der Waals surface area contributed by atoms with Gasteiger partial charge in [-0.3, -0.25) is 9.10 Å². The molecule has 0 aliphatic heterocycles. The van der Waals surface area contributed by atoms with Crippen molar-refractivity contribution in [2.75, 3.05) is 15.9 Å².